The molecular weight excluding hydrogens is 316 g/mol. The first-order valence-corrected chi connectivity index (χ1v) is 7.91. The summed E-state index contributed by atoms with van der Waals surface area (Å²) in [7, 11) is -1.94. The van der Waals surface area contributed by atoms with Gasteiger partial charge in [-0.1, -0.05) is 15.9 Å². The van der Waals surface area contributed by atoms with Gasteiger partial charge in [-0.15, -0.1) is 0 Å². The van der Waals surface area contributed by atoms with Crippen LogP contribution in [0.2, 0.25) is 0 Å². The third-order valence-electron chi connectivity index (χ3n) is 2.83. The minimum atomic E-state index is -3.50. The minimum absolute atomic E-state index is 0.0847. The number of hydrogen-bond donors (Lipinski definition) is 1. The summed E-state index contributed by atoms with van der Waals surface area (Å²) < 4.78 is 29.2. The van der Waals surface area contributed by atoms with Gasteiger partial charge in [-0.05, 0) is 51.0 Å². The smallest absolute Gasteiger partial charge is 0.270 e. The fourth-order valence-electron chi connectivity index (χ4n) is 1.55. The molecule has 0 saturated heterocycles. The molecule has 0 aliphatic heterocycles. The zero-order chi connectivity index (χ0) is 14.1. The zero-order valence-electron chi connectivity index (χ0n) is 11.3. The second-order valence-corrected chi connectivity index (χ2v) is 7.28. The van der Waals surface area contributed by atoms with Crippen molar-refractivity contribution in [2.45, 2.75) is 33.7 Å². The van der Waals surface area contributed by atoms with Gasteiger partial charge < -0.3 is 0 Å². The summed E-state index contributed by atoms with van der Waals surface area (Å²) in [6.45, 7) is 7.43. The van der Waals surface area contributed by atoms with Gasteiger partial charge in [0.25, 0.3) is 0 Å². The van der Waals surface area contributed by atoms with Gasteiger partial charge in [0, 0.05) is 17.6 Å². The SMILES string of the molecule is Cc1cc(Br)cc(C)c1NS(=O)(=O)N(C)C(C)C. The summed E-state index contributed by atoms with van der Waals surface area (Å²) in [5.74, 6) is 0. The van der Waals surface area contributed by atoms with Crippen LogP contribution in [0.4, 0.5) is 5.69 Å². The van der Waals surface area contributed by atoms with E-state index in [-0.39, 0.29) is 6.04 Å². The van der Waals surface area contributed by atoms with E-state index in [9.17, 15) is 8.42 Å². The fraction of sp³-hybridized carbons (Fsp3) is 0.500. The summed E-state index contributed by atoms with van der Waals surface area (Å²) in [4.78, 5) is 0. The number of halogens is 1. The van der Waals surface area contributed by atoms with E-state index in [1.54, 1.807) is 7.05 Å². The number of rotatable bonds is 4. The van der Waals surface area contributed by atoms with E-state index in [1.807, 2.05) is 39.8 Å². The number of anilines is 1. The highest BCUT2D eigenvalue weighted by Gasteiger charge is 2.21. The quantitative estimate of drug-likeness (QED) is 0.919. The Morgan fingerprint density at radius 3 is 2.06 bits per heavy atom. The van der Waals surface area contributed by atoms with Crippen LogP contribution in [0.1, 0.15) is 25.0 Å². The standard InChI is InChI=1S/C12H19BrN2O2S/c1-8(2)15(5)18(16,17)14-12-9(3)6-11(13)7-10(12)4/h6-8,14H,1-5H3. The fourth-order valence-corrected chi connectivity index (χ4v) is 3.52. The van der Waals surface area contributed by atoms with Crippen molar-refractivity contribution in [2.75, 3.05) is 11.8 Å². The number of nitrogens with one attached hydrogen (secondary N) is 1. The van der Waals surface area contributed by atoms with Crippen molar-refractivity contribution in [3.05, 3.63) is 27.7 Å². The van der Waals surface area contributed by atoms with Crippen molar-refractivity contribution in [1.29, 1.82) is 0 Å². The van der Waals surface area contributed by atoms with Crippen molar-refractivity contribution in [3.63, 3.8) is 0 Å². The molecule has 1 aromatic carbocycles. The Hall–Kier alpha value is -0.590. The highest BCUT2D eigenvalue weighted by Crippen LogP contribution is 2.26. The van der Waals surface area contributed by atoms with Gasteiger partial charge in [0.2, 0.25) is 0 Å². The molecule has 0 atom stereocenters. The van der Waals surface area contributed by atoms with E-state index in [2.05, 4.69) is 20.7 Å². The van der Waals surface area contributed by atoms with Crippen molar-refractivity contribution in [3.8, 4) is 0 Å². The highest BCUT2D eigenvalue weighted by atomic mass is 79.9. The maximum atomic E-state index is 12.1. The Bertz CT molecular complexity index is 518. The molecular formula is C12H19BrN2O2S. The Morgan fingerprint density at radius 1 is 1.22 bits per heavy atom. The lowest BCUT2D eigenvalue weighted by atomic mass is 10.1. The van der Waals surface area contributed by atoms with Crippen LogP contribution in [0, 0.1) is 13.8 Å². The Kier molecular flexibility index (Phi) is 4.80. The van der Waals surface area contributed by atoms with Gasteiger partial charge in [0.05, 0.1) is 5.69 Å². The molecule has 18 heavy (non-hydrogen) atoms. The molecule has 4 nitrogen and oxygen atoms in total. The Morgan fingerprint density at radius 2 is 1.67 bits per heavy atom. The van der Waals surface area contributed by atoms with Gasteiger partial charge in [0.1, 0.15) is 0 Å². The molecule has 1 rings (SSSR count). The molecule has 0 saturated carbocycles. The largest absolute Gasteiger partial charge is 0.301 e. The normalized spacial score (nSPS) is 12.2. The summed E-state index contributed by atoms with van der Waals surface area (Å²) in [6, 6.07) is 3.69. The molecule has 0 aliphatic rings. The molecule has 0 spiro atoms. The van der Waals surface area contributed by atoms with E-state index in [4.69, 9.17) is 0 Å². The minimum Gasteiger partial charge on any atom is -0.270 e. The van der Waals surface area contributed by atoms with Crippen molar-refractivity contribution in [1.82, 2.24) is 4.31 Å². The summed E-state index contributed by atoms with van der Waals surface area (Å²) in [5, 5.41) is 0. The second-order valence-electron chi connectivity index (χ2n) is 4.63. The van der Waals surface area contributed by atoms with E-state index in [0.29, 0.717) is 5.69 Å². The van der Waals surface area contributed by atoms with E-state index in [0.717, 1.165) is 15.6 Å². The number of nitrogens with zero attached hydrogens (tertiary/aromatic N) is 1. The van der Waals surface area contributed by atoms with Crippen LogP contribution in [0.3, 0.4) is 0 Å². The first-order valence-electron chi connectivity index (χ1n) is 5.67. The van der Waals surface area contributed by atoms with Crippen LogP contribution in [0.25, 0.3) is 0 Å². The lowest BCUT2D eigenvalue weighted by Crippen LogP contribution is -2.37. The van der Waals surface area contributed by atoms with Gasteiger partial charge in [-0.2, -0.15) is 12.7 Å². The number of aryl methyl sites for hydroxylation is 2. The molecule has 102 valence electrons. The van der Waals surface area contributed by atoms with Crippen LogP contribution in [0.5, 0.6) is 0 Å². The average Bonchev–Trinajstić information content (AvgIpc) is 2.22. The lowest BCUT2D eigenvalue weighted by molar-refractivity contribution is 0.414. The molecule has 0 heterocycles. The van der Waals surface area contributed by atoms with Crippen LogP contribution in [0.15, 0.2) is 16.6 Å². The summed E-state index contributed by atoms with van der Waals surface area (Å²) >= 11 is 3.39. The Balaban J connectivity index is 3.13. The summed E-state index contributed by atoms with van der Waals surface area (Å²) in [5.41, 5.74) is 2.43. The maximum absolute atomic E-state index is 12.1. The monoisotopic (exact) mass is 334 g/mol. The maximum Gasteiger partial charge on any atom is 0.301 e. The molecule has 6 heteroatoms. The van der Waals surface area contributed by atoms with Crippen LogP contribution < -0.4 is 4.72 Å². The second kappa shape index (κ2) is 5.59. The number of benzene rings is 1. The first kappa shape index (κ1) is 15.5. The van der Waals surface area contributed by atoms with Crippen molar-refractivity contribution < 1.29 is 8.42 Å². The summed E-state index contributed by atoms with van der Waals surface area (Å²) in [6.07, 6.45) is 0. The van der Waals surface area contributed by atoms with E-state index < -0.39 is 10.2 Å². The van der Waals surface area contributed by atoms with Crippen molar-refractivity contribution >= 4 is 31.8 Å². The van der Waals surface area contributed by atoms with E-state index >= 15 is 0 Å². The highest BCUT2D eigenvalue weighted by molar-refractivity contribution is 9.10. The van der Waals surface area contributed by atoms with E-state index in [1.165, 1.54) is 4.31 Å². The molecule has 0 amide bonds. The average molecular weight is 335 g/mol. The predicted octanol–water partition coefficient (Wildman–Crippen LogP) is 3.06. The first-order chi connectivity index (χ1) is 8.15. The van der Waals surface area contributed by atoms with Crippen LogP contribution in [-0.2, 0) is 10.2 Å². The molecule has 0 bridgehead atoms. The van der Waals surface area contributed by atoms with Crippen LogP contribution in [-0.4, -0.2) is 25.8 Å². The van der Waals surface area contributed by atoms with Crippen molar-refractivity contribution in [2.24, 2.45) is 0 Å². The molecule has 1 aromatic rings. The zero-order valence-corrected chi connectivity index (χ0v) is 13.7. The predicted molar refractivity (Wildman–Crippen MR) is 79.1 cm³/mol. The van der Waals surface area contributed by atoms with Crippen LogP contribution >= 0.6 is 15.9 Å². The Labute approximate surface area is 118 Å². The molecule has 0 radical (unpaired) electrons. The molecule has 0 unspecified atom stereocenters. The van der Waals surface area contributed by atoms with Gasteiger partial charge in [0.15, 0.2) is 0 Å². The van der Waals surface area contributed by atoms with Gasteiger partial charge >= 0.3 is 10.2 Å². The molecule has 0 fully saturated rings. The van der Waals surface area contributed by atoms with Gasteiger partial charge in [-0.3, -0.25) is 4.72 Å². The molecule has 0 aromatic heterocycles. The number of hydrogen-bond acceptors (Lipinski definition) is 2. The third kappa shape index (κ3) is 3.46. The van der Waals surface area contributed by atoms with Gasteiger partial charge in [-0.25, -0.2) is 0 Å². The lowest BCUT2D eigenvalue weighted by Gasteiger charge is -2.23. The molecule has 0 aliphatic carbocycles. The topological polar surface area (TPSA) is 49.4 Å². The third-order valence-corrected chi connectivity index (χ3v) is 4.93. The molecule has 1 N–H and O–H groups in total.